The van der Waals surface area contributed by atoms with Gasteiger partial charge in [0.1, 0.15) is 0 Å². The van der Waals surface area contributed by atoms with Gasteiger partial charge in [-0.15, -0.1) is 0 Å². The summed E-state index contributed by atoms with van der Waals surface area (Å²) in [6.07, 6.45) is 1.70. The summed E-state index contributed by atoms with van der Waals surface area (Å²) in [7, 11) is 0. The molecule has 1 aromatic heterocycles. The number of aromatic nitrogens is 2. The highest BCUT2D eigenvalue weighted by Crippen LogP contribution is 2.28. The molecule has 0 saturated carbocycles. The van der Waals surface area contributed by atoms with Gasteiger partial charge in [-0.1, -0.05) is 30.3 Å². The summed E-state index contributed by atoms with van der Waals surface area (Å²) < 4.78 is 1.75. The topological polar surface area (TPSA) is 87.0 Å². The second-order valence-electron chi connectivity index (χ2n) is 5.27. The first-order chi connectivity index (χ1) is 10.6. The summed E-state index contributed by atoms with van der Waals surface area (Å²) >= 11 is 0. The van der Waals surface area contributed by atoms with E-state index >= 15 is 0 Å². The van der Waals surface area contributed by atoms with Crippen LogP contribution >= 0.6 is 0 Å². The van der Waals surface area contributed by atoms with E-state index in [0.29, 0.717) is 5.52 Å². The van der Waals surface area contributed by atoms with E-state index in [1.54, 1.807) is 16.9 Å². The number of rotatable bonds is 4. The minimum absolute atomic E-state index is 0.0507. The molecule has 2 unspecified atom stereocenters. The number of nitro groups is 1. The molecule has 6 heteroatoms. The molecule has 0 aliphatic carbocycles. The zero-order chi connectivity index (χ0) is 15.7. The Hall–Kier alpha value is -2.73. The Morgan fingerprint density at radius 2 is 1.95 bits per heavy atom. The van der Waals surface area contributed by atoms with Crippen molar-refractivity contribution in [1.82, 2.24) is 9.78 Å². The Morgan fingerprint density at radius 3 is 2.64 bits per heavy atom. The van der Waals surface area contributed by atoms with Crippen molar-refractivity contribution in [3.63, 3.8) is 0 Å². The number of benzene rings is 2. The van der Waals surface area contributed by atoms with E-state index in [4.69, 9.17) is 5.73 Å². The fourth-order valence-corrected chi connectivity index (χ4v) is 2.57. The van der Waals surface area contributed by atoms with Crippen LogP contribution in [0.15, 0.2) is 54.7 Å². The molecule has 0 radical (unpaired) electrons. The molecule has 0 fully saturated rings. The van der Waals surface area contributed by atoms with Crippen molar-refractivity contribution in [2.75, 3.05) is 0 Å². The summed E-state index contributed by atoms with van der Waals surface area (Å²) in [6, 6.07) is 14.1. The normalized spacial score (nSPS) is 13.9. The number of fused-ring (bicyclic) bond motifs is 1. The molecular weight excluding hydrogens is 280 g/mol. The third kappa shape index (κ3) is 2.44. The lowest BCUT2D eigenvalue weighted by Gasteiger charge is -2.21. The molecule has 0 aliphatic heterocycles. The molecule has 2 N–H and O–H groups in total. The second-order valence-corrected chi connectivity index (χ2v) is 5.27. The fourth-order valence-electron chi connectivity index (χ4n) is 2.57. The molecule has 0 amide bonds. The van der Waals surface area contributed by atoms with E-state index in [2.05, 4.69) is 5.10 Å². The van der Waals surface area contributed by atoms with Gasteiger partial charge < -0.3 is 5.73 Å². The second kappa shape index (κ2) is 5.57. The van der Waals surface area contributed by atoms with Gasteiger partial charge in [0, 0.05) is 17.5 Å². The van der Waals surface area contributed by atoms with Crippen molar-refractivity contribution in [1.29, 1.82) is 0 Å². The largest absolute Gasteiger partial charge is 0.322 e. The standard InChI is InChI=1S/C16H16N4O2/c1-11(16(17)12-5-3-2-4-6-12)19-15-9-14(20(21)22)8-7-13(15)10-18-19/h2-11,16H,17H2,1H3. The first-order valence-corrected chi connectivity index (χ1v) is 7.00. The molecule has 2 aromatic carbocycles. The van der Waals surface area contributed by atoms with Crippen LogP contribution in [-0.4, -0.2) is 14.7 Å². The maximum atomic E-state index is 11.0. The van der Waals surface area contributed by atoms with Gasteiger partial charge in [0.15, 0.2) is 0 Å². The minimum atomic E-state index is -0.404. The molecule has 6 nitrogen and oxygen atoms in total. The van der Waals surface area contributed by atoms with E-state index in [1.807, 2.05) is 37.3 Å². The molecule has 0 spiro atoms. The molecule has 3 rings (SSSR count). The molecule has 3 aromatic rings. The van der Waals surface area contributed by atoms with E-state index in [1.165, 1.54) is 12.1 Å². The minimum Gasteiger partial charge on any atom is -0.322 e. The van der Waals surface area contributed by atoms with Gasteiger partial charge >= 0.3 is 0 Å². The van der Waals surface area contributed by atoms with Crippen molar-refractivity contribution < 1.29 is 4.92 Å². The summed E-state index contributed by atoms with van der Waals surface area (Å²) in [4.78, 5) is 10.6. The van der Waals surface area contributed by atoms with Gasteiger partial charge in [0.25, 0.3) is 5.69 Å². The van der Waals surface area contributed by atoms with E-state index in [-0.39, 0.29) is 17.8 Å². The van der Waals surface area contributed by atoms with Gasteiger partial charge in [-0.3, -0.25) is 14.8 Å². The van der Waals surface area contributed by atoms with Crippen LogP contribution in [-0.2, 0) is 0 Å². The Labute approximate surface area is 127 Å². The smallest absolute Gasteiger partial charge is 0.271 e. The van der Waals surface area contributed by atoms with Crippen LogP contribution in [0.3, 0.4) is 0 Å². The third-order valence-corrected chi connectivity index (χ3v) is 3.88. The van der Waals surface area contributed by atoms with E-state index in [9.17, 15) is 10.1 Å². The number of hydrogen-bond acceptors (Lipinski definition) is 4. The maximum Gasteiger partial charge on any atom is 0.271 e. The number of nitrogens with two attached hydrogens (primary N) is 1. The van der Waals surface area contributed by atoms with E-state index in [0.717, 1.165) is 10.9 Å². The number of nitrogens with zero attached hydrogens (tertiary/aromatic N) is 3. The predicted octanol–water partition coefficient (Wildman–Crippen LogP) is 3.21. The van der Waals surface area contributed by atoms with Crippen LogP contribution in [0.5, 0.6) is 0 Å². The third-order valence-electron chi connectivity index (χ3n) is 3.88. The fraction of sp³-hybridized carbons (Fsp3) is 0.188. The van der Waals surface area contributed by atoms with Crippen molar-refractivity contribution in [2.24, 2.45) is 5.73 Å². The highest BCUT2D eigenvalue weighted by molar-refractivity contribution is 5.81. The summed E-state index contributed by atoms with van der Waals surface area (Å²) in [5, 5.41) is 16.2. The highest BCUT2D eigenvalue weighted by atomic mass is 16.6. The average Bonchev–Trinajstić information content (AvgIpc) is 2.97. The lowest BCUT2D eigenvalue weighted by atomic mass is 10.0. The van der Waals surface area contributed by atoms with Crippen molar-refractivity contribution in [3.8, 4) is 0 Å². The maximum absolute atomic E-state index is 11.0. The first kappa shape index (κ1) is 14.2. The monoisotopic (exact) mass is 296 g/mol. The van der Waals surface area contributed by atoms with Crippen LogP contribution in [0.1, 0.15) is 24.6 Å². The SMILES string of the molecule is CC(C(N)c1ccccc1)n1ncc2ccc([N+](=O)[O-])cc21. The van der Waals surface area contributed by atoms with Crippen LogP contribution in [0.25, 0.3) is 10.9 Å². The molecule has 0 aliphatic rings. The lowest BCUT2D eigenvalue weighted by Crippen LogP contribution is -2.23. The van der Waals surface area contributed by atoms with Crippen LogP contribution < -0.4 is 5.73 Å². The number of nitro benzene ring substituents is 1. The molecule has 112 valence electrons. The Balaban J connectivity index is 2.02. The van der Waals surface area contributed by atoms with Crippen molar-refractivity contribution in [2.45, 2.75) is 19.0 Å². The van der Waals surface area contributed by atoms with Gasteiger partial charge in [0.2, 0.25) is 0 Å². The van der Waals surface area contributed by atoms with Crippen LogP contribution in [0, 0.1) is 10.1 Å². The molecular formula is C16H16N4O2. The van der Waals surface area contributed by atoms with Crippen LogP contribution in [0.4, 0.5) is 5.69 Å². The van der Waals surface area contributed by atoms with Gasteiger partial charge in [-0.2, -0.15) is 5.10 Å². The Kier molecular flexibility index (Phi) is 3.60. The molecule has 0 bridgehead atoms. The summed E-state index contributed by atoms with van der Waals surface area (Å²) in [5.74, 6) is 0. The van der Waals surface area contributed by atoms with Crippen LogP contribution in [0.2, 0.25) is 0 Å². The van der Waals surface area contributed by atoms with Crippen molar-refractivity contribution >= 4 is 16.6 Å². The summed E-state index contributed by atoms with van der Waals surface area (Å²) in [5.41, 5.74) is 8.09. The summed E-state index contributed by atoms with van der Waals surface area (Å²) in [6.45, 7) is 1.96. The molecule has 1 heterocycles. The highest BCUT2D eigenvalue weighted by Gasteiger charge is 2.20. The lowest BCUT2D eigenvalue weighted by molar-refractivity contribution is -0.384. The van der Waals surface area contributed by atoms with Gasteiger partial charge in [0.05, 0.1) is 28.7 Å². The molecule has 0 saturated heterocycles. The zero-order valence-corrected chi connectivity index (χ0v) is 12.1. The van der Waals surface area contributed by atoms with E-state index < -0.39 is 4.92 Å². The zero-order valence-electron chi connectivity index (χ0n) is 12.1. The quantitative estimate of drug-likeness (QED) is 0.591. The van der Waals surface area contributed by atoms with Crippen molar-refractivity contribution in [3.05, 3.63) is 70.4 Å². The predicted molar refractivity (Wildman–Crippen MR) is 84.5 cm³/mol. The Bertz CT molecular complexity index is 813. The molecule has 2 atom stereocenters. The molecule has 22 heavy (non-hydrogen) atoms. The number of hydrogen-bond donors (Lipinski definition) is 1. The Morgan fingerprint density at radius 1 is 1.23 bits per heavy atom. The van der Waals surface area contributed by atoms with Gasteiger partial charge in [-0.05, 0) is 18.6 Å². The first-order valence-electron chi connectivity index (χ1n) is 7.00. The van der Waals surface area contributed by atoms with Gasteiger partial charge in [-0.25, -0.2) is 0 Å². The number of non-ortho nitro benzene ring substituents is 1. The average molecular weight is 296 g/mol.